The van der Waals surface area contributed by atoms with E-state index in [1.807, 2.05) is 32.9 Å². The van der Waals surface area contributed by atoms with Crippen LogP contribution in [0.5, 0.6) is 0 Å². The lowest BCUT2D eigenvalue weighted by Gasteiger charge is -2.46. The largest absolute Gasteiger partial charge is 0.333 e. The maximum absolute atomic E-state index is 13.9. The molecular weight excluding hydrogens is 483 g/mol. The fourth-order valence-corrected chi connectivity index (χ4v) is 5.16. The molecule has 0 bridgehead atoms. The van der Waals surface area contributed by atoms with Crippen molar-refractivity contribution in [3.8, 4) is 11.3 Å². The van der Waals surface area contributed by atoms with Gasteiger partial charge < -0.3 is 9.80 Å². The summed E-state index contributed by atoms with van der Waals surface area (Å²) in [5, 5.41) is 4.72. The molecule has 1 fully saturated rings. The molecule has 2 aliphatic heterocycles. The number of nitrogens with zero attached hydrogens (tertiary/aromatic N) is 6. The van der Waals surface area contributed by atoms with Crippen molar-refractivity contribution in [2.45, 2.75) is 59.4 Å². The second-order valence-corrected chi connectivity index (χ2v) is 11.1. The molecule has 4 heterocycles. The molecule has 3 aromatic rings. The normalized spacial score (nSPS) is 17.3. The molecule has 0 radical (unpaired) electrons. The highest BCUT2D eigenvalue weighted by atomic mass is 19.1. The van der Waals surface area contributed by atoms with E-state index in [1.54, 1.807) is 39.6 Å². The number of hydrogen-bond donors (Lipinski definition) is 0. The van der Waals surface area contributed by atoms with Gasteiger partial charge in [-0.1, -0.05) is 13.8 Å². The lowest BCUT2D eigenvalue weighted by molar-refractivity contribution is -0.131. The van der Waals surface area contributed by atoms with Crippen LogP contribution in [0.15, 0.2) is 47.2 Å². The van der Waals surface area contributed by atoms with Crippen LogP contribution in [0.3, 0.4) is 0 Å². The summed E-state index contributed by atoms with van der Waals surface area (Å²) >= 11 is 0. The average Bonchev–Trinajstić information content (AvgIpc) is 3.49. The van der Waals surface area contributed by atoms with E-state index in [4.69, 9.17) is 10.1 Å². The van der Waals surface area contributed by atoms with Gasteiger partial charge in [0.05, 0.1) is 17.4 Å². The fraction of sp³-hybridized carbons (Fsp3) is 0.414. The van der Waals surface area contributed by atoms with Gasteiger partial charge in [-0.2, -0.15) is 5.10 Å². The second kappa shape index (κ2) is 9.45. The molecule has 0 unspecified atom stereocenters. The van der Waals surface area contributed by atoms with Gasteiger partial charge in [0, 0.05) is 42.9 Å². The fourth-order valence-electron chi connectivity index (χ4n) is 5.16. The van der Waals surface area contributed by atoms with Gasteiger partial charge in [-0.25, -0.2) is 13.9 Å². The highest BCUT2D eigenvalue weighted by molar-refractivity contribution is 6.01. The number of aryl methyl sites for hydroxylation is 1. The van der Waals surface area contributed by atoms with Gasteiger partial charge >= 0.3 is 0 Å². The molecular formula is C29H33FN6O2. The summed E-state index contributed by atoms with van der Waals surface area (Å²) in [4.78, 5) is 39.3. The number of benzene rings is 1. The van der Waals surface area contributed by atoms with E-state index in [2.05, 4.69) is 18.8 Å². The van der Waals surface area contributed by atoms with Crippen LogP contribution < -0.4 is 0 Å². The number of fused-ring (bicyclic) bond motifs is 1. The maximum atomic E-state index is 13.9. The summed E-state index contributed by atoms with van der Waals surface area (Å²) in [5.41, 5.74) is 4.73. The third-order valence-corrected chi connectivity index (χ3v) is 7.30. The topological polar surface area (TPSA) is 83.2 Å². The Kier molecular flexibility index (Phi) is 6.41. The van der Waals surface area contributed by atoms with Gasteiger partial charge in [-0.05, 0) is 69.5 Å². The Morgan fingerprint density at radius 2 is 1.84 bits per heavy atom. The van der Waals surface area contributed by atoms with Crippen LogP contribution in [-0.4, -0.2) is 67.1 Å². The molecule has 0 aliphatic carbocycles. The minimum atomic E-state index is -0.593. The molecule has 5 rings (SSSR count). The van der Waals surface area contributed by atoms with E-state index in [0.717, 1.165) is 16.8 Å². The summed E-state index contributed by atoms with van der Waals surface area (Å²) in [6, 6.07) is 6.89. The first-order valence-corrected chi connectivity index (χ1v) is 13.0. The van der Waals surface area contributed by atoms with Gasteiger partial charge in [0.25, 0.3) is 11.8 Å². The zero-order chi connectivity index (χ0) is 27.4. The molecule has 0 atom stereocenters. The molecule has 1 aromatic carbocycles. The summed E-state index contributed by atoms with van der Waals surface area (Å²) in [5.74, 6) is -0.422. The number of rotatable bonds is 4. The van der Waals surface area contributed by atoms with Gasteiger partial charge in [-0.3, -0.25) is 14.6 Å². The molecule has 0 spiro atoms. The SMILES string of the molecule is CC1=NC(C(=O)N2CCN(C(=O)c3cn4nc(-c5ccc(F)c(C)c5)cc(C(C)C)c4n3)C(C)(C)C2)=CC1. The van der Waals surface area contributed by atoms with Crippen molar-refractivity contribution in [2.24, 2.45) is 4.99 Å². The smallest absolute Gasteiger partial charge is 0.274 e. The van der Waals surface area contributed by atoms with E-state index in [0.29, 0.717) is 54.4 Å². The zero-order valence-corrected chi connectivity index (χ0v) is 22.7. The summed E-state index contributed by atoms with van der Waals surface area (Å²) < 4.78 is 15.5. The number of aliphatic imine (C=N–C) groups is 1. The van der Waals surface area contributed by atoms with E-state index in [1.165, 1.54) is 6.07 Å². The molecule has 38 heavy (non-hydrogen) atoms. The van der Waals surface area contributed by atoms with Crippen LogP contribution in [0.4, 0.5) is 4.39 Å². The van der Waals surface area contributed by atoms with Gasteiger partial charge in [-0.15, -0.1) is 0 Å². The number of carbonyl (C=O) groups is 2. The molecule has 0 N–H and O–H groups in total. The van der Waals surface area contributed by atoms with Gasteiger partial charge in [0.2, 0.25) is 0 Å². The zero-order valence-electron chi connectivity index (χ0n) is 22.7. The van der Waals surface area contributed by atoms with E-state index in [-0.39, 0.29) is 23.5 Å². The number of piperazine rings is 1. The highest BCUT2D eigenvalue weighted by Crippen LogP contribution is 2.29. The predicted molar refractivity (Wildman–Crippen MR) is 145 cm³/mol. The third-order valence-electron chi connectivity index (χ3n) is 7.30. The second-order valence-electron chi connectivity index (χ2n) is 11.1. The first-order chi connectivity index (χ1) is 17.9. The minimum absolute atomic E-state index is 0.0934. The number of amides is 2. The Morgan fingerprint density at radius 3 is 2.47 bits per heavy atom. The lowest BCUT2D eigenvalue weighted by Crippen LogP contribution is -2.62. The Bertz CT molecular complexity index is 1520. The first-order valence-electron chi connectivity index (χ1n) is 13.0. The van der Waals surface area contributed by atoms with Crippen LogP contribution in [0.2, 0.25) is 0 Å². The van der Waals surface area contributed by atoms with Crippen molar-refractivity contribution in [3.63, 3.8) is 0 Å². The quantitative estimate of drug-likeness (QED) is 0.500. The summed E-state index contributed by atoms with van der Waals surface area (Å²) in [7, 11) is 0. The molecule has 198 valence electrons. The van der Waals surface area contributed by atoms with Crippen molar-refractivity contribution in [1.29, 1.82) is 0 Å². The van der Waals surface area contributed by atoms with Crippen molar-refractivity contribution in [3.05, 3.63) is 64.9 Å². The Balaban J connectivity index is 1.44. The van der Waals surface area contributed by atoms with E-state index in [9.17, 15) is 14.0 Å². The molecule has 9 heteroatoms. The number of aromatic nitrogens is 3. The number of hydrogen-bond acceptors (Lipinski definition) is 5. The molecule has 2 aromatic heterocycles. The molecule has 1 saturated heterocycles. The van der Waals surface area contributed by atoms with Crippen LogP contribution in [0.25, 0.3) is 16.9 Å². The summed E-state index contributed by atoms with van der Waals surface area (Å²) in [6.45, 7) is 12.9. The third kappa shape index (κ3) is 4.61. The molecule has 2 aliphatic rings. The molecule has 2 amide bonds. The van der Waals surface area contributed by atoms with E-state index < -0.39 is 5.54 Å². The minimum Gasteiger partial charge on any atom is -0.333 e. The Labute approximate surface area is 221 Å². The van der Waals surface area contributed by atoms with Crippen LogP contribution in [-0.2, 0) is 4.79 Å². The number of carbonyl (C=O) groups excluding carboxylic acids is 2. The molecule has 8 nitrogen and oxygen atoms in total. The number of imidazole rings is 1. The Hall–Kier alpha value is -3.88. The van der Waals surface area contributed by atoms with Crippen LogP contribution >= 0.6 is 0 Å². The van der Waals surface area contributed by atoms with Crippen LogP contribution in [0.1, 0.15) is 68.6 Å². The highest BCUT2D eigenvalue weighted by Gasteiger charge is 2.40. The van der Waals surface area contributed by atoms with Crippen molar-refractivity contribution >= 4 is 23.2 Å². The first kappa shape index (κ1) is 25.8. The van der Waals surface area contributed by atoms with E-state index >= 15 is 0 Å². The van der Waals surface area contributed by atoms with Gasteiger partial charge in [0.15, 0.2) is 5.65 Å². The van der Waals surface area contributed by atoms with Crippen molar-refractivity contribution in [1.82, 2.24) is 24.4 Å². The Morgan fingerprint density at radius 1 is 1.08 bits per heavy atom. The maximum Gasteiger partial charge on any atom is 0.274 e. The average molecular weight is 517 g/mol. The van der Waals surface area contributed by atoms with Crippen molar-refractivity contribution < 1.29 is 14.0 Å². The number of allylic oxidation sites excluding steroid dienone is 1. The lowest BCUT2D eigenvalue weighted by atomic mass is 9.98. The number of halogens is 1. The predicted octanol–water partition coefficient (Wildman–Crippen LogP) is 4.78. The van der Waals surface area contributed by atoms with Crippen LogP contribution in [0, 0.1) is 12.7 Å². The van der Waals surface area contributed by atoms with Gasteiger partial charge in [0.1, 0.15) is 17.2 Å². The molecule has 0 saturated carbocycles. The standard InChI is InChI=1S/C29H33FN6O2/c1-17(2)21-14-24(20-8-9-22(30)18(3)13-20)33-36-15-25(32-26(21)36)28(38)35-12-11-34(16-29(35,5)6)27(37)23-10-7-19(4)31-23/h8-10,13-15,17H,7,11-12,16H2,1-6H3. The monoisotopic (exact) mass is 516 g/mol. The summed E-state index contributed by atoms with van der Waals surface area (Å²) in [6.07, 6.45) is 4.23. The van der Waals surface area contributed by atoms with Crippen molar-refractivity contribution in [2.75, 3.05) is 19.6 Å².